The fourth-order valence-corrected chi connectivity index (χ4v) is 2.87. The van der Waals surface area contributed by atoms with E-state index in [0.717, 1.165) is 17.9 Å². The highest BCUT2D eigenvalue weighted by molar-refractivity contribution is 5.62. The SMILES string of the molecule is CCOc1cccc(OC2CCCCC2CC)c1N. The molecule has 2 N–H and O–H groups in total. The lowest BCUT2D eigenvalue weighted by molar-refractivity contribution is 0.0909. The number of anilines is 1. The number of ether oxygens (including phenoxy) is 2. The van der Waals surface area contributed by atoms with Gasteiger partial charge in [0, 0.05) is 0 Å². The first-order chi connectivity index (χ1) is 9.26. The summed E-state index contributed by atoms with van der Waals surface area (Å²) in [7, 11) is 0. The number of nitrogen functional groups attached to an aromatic ring is 1. The summed E-state index contributed by atoms with van der Waals surface area (Å²) >= 11 is 0. The van der Waals surface area contributed by atoms with Crippen molar-refractivity contribution in [3.63, 3.8) is 0 Å². The molecule has 2 unspecified atom stereocenters. The molecule has 1 aromatic rings. The first kappa shape index (κ1) is 14.0. The Morgan fingerprint density at radius 2 is 1.89 bits per heavy atom. The van der Waals surface area contributed by atoms with Crippen LogP contribution in [-0.2, 0) is 0 Å². The van der Waals surface area contributed by atoms with Crippen LogP contribution in [0.25, 0.3) is 0 Å². The maximum absolute atomic E-state index is 6.17. The molecule has 0 aromatic heterocycles. The maximum atomic E-state index is 6.17. The number of hydrogen-bond acceptors (Lipinski definition) is 3. The van der Waals surface area contributed by atoms with Crippen LogP contribution in [-0.4, -0.2) is 12.7 Å². The van der Waals surface area contributed by atoms with E-state index in [9.17, 15) is 0 Å². The van der Waals surface area contributed by atoms with Crippen LogP contribution in [0.5, 0.6) is 11.5 Å². The molecule has 3 nitrogen and oxygen atoms in total. The predicted octanol–water partition coefficient (Wildman–Crippen LogP) is 4.02. The lowest BCUT2D eigenvalue weighted by atomic mass is 9.85. The topological polar surface area (TPSA) is 44.5 Å². The summed E-state index contributed by atoms with van der Waals surface area (Å²) in [5.74, 6) is 2.16. The van der Waals surface area contributed by atoms with Gasteiger partial charge in [0.25, 0.3) is 0 Å². The van der Waals surface area contributed by atoms with Crippen LogP contribution in [0.2, 0.25) is 0 Å². The van der Waals surface area contributed by atoms with Crippen molar-refractivity contribution in [3.05, 3.63) is 18.2 Å². The molecule has 0 radical (unpaired) electrons. The van der Waals surface area contributed by atoms with Crippen LogP contribution >= 0.6 is 0 Å². The fraction of sp³-hybridized carbons (Fsp3) is 0.625. The lowest BCUT2D eigenvalue weighted by Gasteiger charge is -2.31. The first-order valence-corrected chi connectivity index (χ1v) is 7.44. The Hall–Kier alpha value is -1.38. The van der Waals surface area contributed by atoms with Crippen molar-refractivity contribution in [3.8, 4) is 11.5 Å². The second kappa shape index (κ2) is 6.69. The van der Waals surface area contributed by atoms with Gasteiger partial charge < -0.3 is 15.2 Å². The van der Waals surface area contributed by atoms with Crippen molar-refractivity contribution < 1.29 is 9.47 Å². The van der Waals surface area contributed by atoms with Crippen molar-refractivity contribution in [1.82, 2.24) is 0 Å². The number of rotatable bonds is 5. The second-order valence-electron chi connectivity index (χ2n) is 5.21. The fourth-order valence-electron chi connectivity index (χ4n) is 2.87. The molecule has 2 rings (SSSR count). The number of nitrogens with two attached hydrogens (primary N) is 1. The molecule has 0 saturated heterocycles. The van der Waals surface area contributed by atoms with E-state index in [-0.39, 0.29) is 0 Å². The molecule has 3 heteroatoms. The van der Waals surface area contributed by atoms with Gasteiger partial charge in [0.2, 0.25) is 0 Å². The summed E-state index contributed by atoms with van der Waals surface area (Å²) < 4.78 is 11.7. The molecule has 1 aromatic carbocycles. The average molecular weight is 263 g/mol. The van der Waals surface area contributed by atoms with Crippen LogP contribution in [0, 0.1) is 5.92 Å². The largest absolute Gasteiger partial charge is 0.492 e. The van der Waals surface area contributed by atoms with Crippen LogP contribution < -0.4 is 15.2 Å². The summed E-state index contributed by atoms with van der Waals surface area (Å²) in [6.45, 7) is 4.82. The predicted molar refractivity (Wildman–Crippen MR) is 78.7 cm³/mol. The maximum Gasteiger partial charge on any atom is 0.146 e. The van der Waals surface area contributed by atoms with Crippen LogP contribution in [0.4, 0.5) is 5.69 Å². The molecular formula is C16H25NO2. The van der Waals surface area contributed by atoms with Gasteiger partial charge in [-0.3, -0.25) is 0 Å². The van der Waals surface area contributed by atoms with Gasteiger partial charge in [-0.15, -0.1) is 0 Å². The van der Waals surface area contributed by atoms with Gasteiger partial charge in [-0.05, 0) is 50.7 Å². The molecule has 2 atom stereocenters. The van der Waals surface area contributed by atoms with Gasteiger partial charge in [0.05, 0.1) is 6.61 Å². The van der Waals surface area contributed by atoms with Crippen molar-refractivity contribution in [1.29, 1.82) is 0 Å². The van der Waals surface area contributed by atoms with E-state index in [4.69, 9.17) is 15.2 Å². The van der Waals surface area contributed by atoms with Crippen molar-refractivity contribution >= 4 is 5.69 Å². The highest BCUT2D eigenvalue weighted by Crippen LogP contribution is 2.36. The van der Waals surface area contributed by atoms with Gasteiger partial charge in [0.15, 0.2) is 0 Å². The number of hydrogen-bond donors (Lipinski definition) is 1. The molecule has 0 spiro atoms. The smallest absolute Gasteiger partial charge is 0.146 e. The van der Waals surface area contributed by atoms with Crippen LogP contribution in [0.1, 0.15) is 46.0 Å². The van der Waals surface area contributed by atoms with Crippen LogP contribution in [0.3, 0.4) is 0 Å². The minimum atomic E-state index is 0.304. The molecule has 1 aliphatic rings. The van der Waals surface area contributed by atoms with Crippen molar-refractivity contribution in [2.24, 2.45) is 5.92 Å². The van der Waals surface area contributed by atoms with Gasteiger partial charge in [-0.2, -0.15) is 0 Å². The summed E-state index contributed by atoms with van der Waals surface area (Å²) in [6, 6.07) is 5.78. The molecule has 106 valence electrons. The van der Waals surface area contributed by atoms with E-state index < -0.39 is 0 Å². The molecule has 1 fully saturated rings. The van der Waals surface area contributed by atoms with E-state index in [1.54, 1.807) is 0 Å². The second-order valence-corrected chi connectivity index (χ2v) is 5.21. The number of para-hydroxylation sites is 1. The monoisotopic (exact) mass is 263 g/mol. The third-order valence-electron chi connectivity index (χ3n) is 3.97. The Labute approximate surface area is 116 Å². The minimum absolute atomic E-state index is 0.304. The Balaban J connectivity index is 2.11. The van der Waals surface area contributed by atoms with E-state index in [1.807, 2.05) is 25.1 Å². The molecule has 0 heterocycles. The van der Waals surface area contributed by atoms with E-state index in [2.05, 4.69) is 6.92 Å². The summed E-state index contributed by atoms with van der Waals surface area (Å²) in [5.41, 5.74) is 6.75. The molecule has 0 amide bonds. The van der Waals surface area contributed by atoms with Gasteiger partial charge in [0.1, 0.15) is 23.3 Å². The molecule has 1 aliphatic carbocycles. The van der Waals surface area contributed by atoms with Crippen molar-refractivity contribution in [2.75, 3.05) is 12.3 Å². The van der Waals surface area contributed by atoms with E-state index >= 15 is 0 Å². The van der Waals surface area contributed by atoms with Gasteiger partial charge in [-0.1, -0.05) is 19.4 Å². The summed E-state index contributed by atoms with van der Waals surface area (Å²) in [6.07, 6.45) is 6.47. The standard InChI is InChI=1S/C16H25NO2/c1-3-12-8-5-6-9-13(12)19-15-11-7-10-14(16(15)17)18-4-2/h7,10-13H,3-6,8-9,17H2,1-2H3. The van der Waals surface area contributed by atoms with E-state index in [1.165, 1.54) is 25.7 Å². The Kier molecular flexibility index (Phi) is 4.94. The first-order valence-electron chi connectivity index (χ1n) is 7.44. The van der Waals surface area contributed by atoms with E-state index in [0.29, 0.717) is 24.3 Å². The zero-order chi connectivity index (χ0) is 13.7. The lowest BCUT2D eigenvalue weighted by Crippen LogP contribution is -2.30. The Bertz CT molecular complexity index is 406. The highest BCUT2D eigenvalue weighted by atomic mass is 16.5. The third-order valence-corrected chi connectivity index (χ3v) is 3.97. The van der Waals surface area contributed by atoms with Crippen LogP contribution in [0.15, 0.2) is 18.2 Å². The molecule has 0 aliphatic heterocycles. The third kappa shape index (κ3) is 3.34. The van der Waals surface area contributed by atoms with Crippen molar-refractivity contribution in [2.45, 2.75) is 52.1 Å². The summed E-state index contributed by atoms with van der Waals surface area (Å²) in [4.78, 5) is 0. The van der Waals surface area contributed by atoms with Gasteiger partial charge >= 0.3 is 0 Å². The zero-order valence-electron chi connectivity index (χ0n) is 12.0. The average Bonchev–Trinajstić information content (AvgIpc) is 2.44. The minimum Gasteiger partial charge on any atom is -0.492 e. The Morgan fingerprint density at radius 1 is 1.16 bits per heavy atom. The van der Waals surface area contributed by atoms with Gasteiger partial charge in [-0.25, -0.2) is 0 Å². The molecular weight excluding hydrogens is 238 g/mol. The highest BCUT2D eigenvalue weighted by Gasteiger charge is 2.26. The quantitative estimate of drug-likeness (QED) is 0.816. The normalized spacial score (nSPS) is 23.1. The molecule has 1 saturated carbocycles. The Morgan fingerprint density at radius 3 is 2.63 bits per heavy atom. The molecule has 19 heavy (non-hydrogen) atoms. The summed E-state index contributed by atoms with van der Waals surface area (Å²) in [5, 5.41) is 0. The molecule has 0 bridgehead atoms. The zero-order valence-corrected chi connectivity index (χ0v) is 12.0. The number of benzene rings is 1.